The fourth-order valence-electron chi connectivity index (χ4n) is 9.38. The molecule has 11 nitrogen and oxygen atoms in total. The lowest BCUT2D eigenvalue weighted by Crippen LogP contribution is -2.85. The van der Waals surface area contributed by atoms with Crippen LogP contribution in [0.2, 0.25) is 0 Å². The molecule has 4 N–H and O–H groups in total. The first-order valence-electron chi connectivity index (χ1n) is 15.0. The van der Waals surface area contributed by atoms with Crippen molar-refractivity contribution in [2.45, 2.75) is 70.0 Å². The zero-order valence-corrected chi connectivity index (χ0v) is 24.7. The van der Waals surface area contributed by atoms with Crippen LogP contribution in [0.5, 0.6) is 0 Å². The van der Waals surface area contributed by atoms with Gasteiger partial charge in [0.2, 0.25) is 11.7 Å². The summed E-state index contributed by atoms with van der Waals surface area (Å²) in [6.45, 7) is 7.73. The van der Waals surface area contributed by atoms with E-state index in [0.29, 0.717) is 30.9 Å². The van der Waals surface area contributed by atoms with Crippen molar-refractivity contribution in [2.24, 2.45) is 34.0 Å². The maximum absolute atomic E-state index is 14.3. The Morgan fingerprint density at radius 1 is 1.16 bits per heavy atom. The molecule has 44 heavy (non-hydrogen) atoms. The normalized spacial score (nSPS) is 39.0. The number of nitrogens with one attached hydrogen (secondary N) is 1. The standard InChI is InChI=1S/C33H37NO10/c1-17-19-9-10-21-31-16-43-33(42,27(40)25(31)30(2,3)14-13-22(31)35)32(21,26(17)39)28(19)44-29(41)20(15-18-7-5-4-6-8-18)34-23(36)11-12-24(37)38/h4-8,11-12,19-21,25,27-28,40,42H,1,9-10,13-16H2,2-3H3,(H,34,36)(H,37,38)/b12-11+/t19-,20?,21+,25-,27+,28-,31-,32+,33-/m1/s1. The second-order valence-electron chi connectivity index (χ2n) is 13.6. The minimum Gasteiger partial charge on any atom is -0.478 e. The number of rotatable bonds is 7. The number of aliphatic hydroxyl groups excluding tert-OH is 1. The quantitative estimate of drug-likeness (QED) is 0.262. The van der Waals surface area contributed by atoms with Crippen LogP contribution in [-0.4, -0.2) is 75.4 Å². The largest absolute Gasteiger partial charge is 0.478 e. The zero-order chi connectivity index (χ0) is 31.8. The molecule has 2 heterocycles. The Morgan fingerprint density at radius 3 is 2.55 bits per heavy atom. The van der Waals surface area contributed by atoms with Crippen molar-refractivity contribution >= 4 is 29.4 Å². The average molecular weight is 608 g/mol. The number of hydrogen-bond donors (Lipinski definition) is 4. The van der Waals surface area contributed by atoms with Gasteiger partial charge in [-0.1, -0.05) is 50.8 Å². The molecule has 2 aliphatic heterocycles. The topological polar surface area (TPSA) is 177 Å². The summed E-state index contributed by atoms with van der Waals surface area (Å²) in [5.41, 5.74) is -3.01. The van der Waals surface area contributed by atoms with E-state index in [2.05, 4.69) is 11.9 Å². The molecule has 1 aromatic rings. The third-order valence-corrected chi connectivity index (χ3v) is 11.1. The molecule has 1 unspecified atom stereocenters. The van der Waals surface area contributed by atoms with Crippen molar-refractivity contribution < 1.29 is 48.8 Å². The van der Waals surface area contributed by atoms with Crippen molar-refractivity contribution in [2.75, 3.05) is 6.61 Å². The van der Waals surface area contributed by atoms with Crippen molar-refractivity contribution in [1.82, 2.24) is 5.32 Å². The highest BCUT2D eigenvalue weighted by atomic mass is 16.6. The molecule has 7 rings (SSSR count). The third kappa shape index (κ3) is 3.95. The fraction of sp³-hybridized carbons (Fsp3) is 0.545. The Balaban J connectivity index is 1.41. The van der Waals surface area contributed by atoms with E-state index in [0.717, 1.165) is 6.08 Å². The molecule has 2 saturated heterocycles. The molecule has 4 bridgehead atoms. The Bertz CT molecular complexity index is 1480. The van der Waals surface area contributed by atoms with Crippen LogP contribution in [0.25, 0.3) is 0 Å². The molecule has 4 saturated carbocycles. The summed E-state index contributed by atoms with van der Waals surface area (Å²) in [5, 5.41) is 35.7. The van der Waals surface area contributed by atoms with Crippen LogP contribution in [0.15, 0.2) is 54.6 Å². The van der Waals surface area contributed by atoms with E-state index in [1.807, 2.05) is 13.8 Å². The molecule has 0 radical (unpaired) electrons. The molecular weight excluding hydrogens is 570 g/mol. The Labute approximate surface area is 254 Å². The monoisotopic (exact) mass is 607 g/mol. The van der Waals surface area contributed by atoms with Crippen molar-refractivity contribution in [3.8, 4) is 0 Å². The fourth-order valence-corrected chi connectivity index (χ4v) is 9.38. The van der Waals surface area contributed by atoms with Crippen molar-refractivity contribution in [3.63, 3.8) is 0 Å². The Kier molecular flexibility index (Phi) is 7.03. The first-order valence-corrected chi connectivity index (χ1v) is 15.0. The average Bonchev–Trinajstić information content (AvgIpc) is 3.09. The Morgan fingerprint density at radius 2 is 1.86 bits per heavy atom. The van der Waals surface area contributed by atoms with Gasteiger partial charge < -0.3 is 30.1 Å². The summed E-state index contributed by atoms with van der Waals surface area (Å²) in [4.78, 5) is 65.8. The summed E-state index contributed by atoms with van der Waals surface area (Å²) in [6.07, 6.45) is -0.0920. The van der Waals surface area contributed by atoms with Gasteiger partial charge in [-0.3, -0.25) is 14.4 Å². The summed E-state index contributed by atoms with van der Waals surface area (Å²) in [7, 11) is 0. The molecule has 6 fully saturated rings. The molecule has 1 amide bonds. The van der Waals surface area contributed by atoms with Gasteiger partial charge in [-0.2, -0.15) is 0 Å². The number of hydrogen-bond acceptors (Lipinski definition) is 9. The van der Waals surface area contributed by atoms with E-state index in [-0.39, 0.29) is 30.8 Å². The number of carbonyl (C=O) groups excluding carboxylic acids is 4. The maximum Gasteiger partial charge on any atom is 0.329 e. The molecule has 0 aromatic heterocycles. The van der Waals surface area contributed by atoms with Gasteiger partial charge in [0.05, 0.1) is 12.0 Å². The number of ether oxygens (including phenoxy) is 2. The van der Waals surface area contributed by atoms with E-state index in [9.17, 15) is 34.2 Å². The predicted octanol–water partition coefficient (Wildman–Crippen LogP) is 1.50. The maximum atomic E-state index is 14.3. The van der Waals surface area contributed by atoms with Crippen LogP contribution in [0.1, 0.15) is 45.1 Å². The molecule has 1 aromatic carbocycles. The molecule has 2 spiro atoms. The van der Waals surface area contributed by atoms with Crippen molar-refractivity contribution in [1.29, 1.82) is 0 Å². The number of carboxylic acid groups (broad SMARTS) is 1. The number of amides is 1. The van der Waals surface area contributed by atoms with Crippen LogP contribution < -0.4 is 5.32 Å². The summed E-state index contributed by atoms with van der Waals surface area (Å²) >= 11 is 0. The van der Waals surface area contributed by atoms with Gasteiger partial charge >= 0.3 is 11.9 Å². The second-order valence-corrected chi connectivity index (χ2v) is 13.6. The molecule has 11 heteroatoms. The lowest BCUT2D eigenvalue weighted by Gasteiger charge is -2.72. The number of aliphatic carboxylic acids is 1. The molecular formula is C33H37NO10. The molecule has 4 aliphatic carbocycles. The van der Waals surface area contributed by atoms with E-state index in [1.165, 1.54) is 0 Å². The number of esters is 1. The first-order chi connectivity index (χ1) is 20.7. The number of benzene rings is 1. The highest BCUT2D eigenvalue weighted by Gasteiger charge is 2.88. The minimum absolute atomic E-state index is 0.0168. The van der Waals surface area contributed by atoms with E-state index < -0.39 is 81.7 Å². The van der Waals surface area contributed by atoms with Crippen LogP contribution >= 0.6 is 0 Å². The predicted molar refractivity (Wildman–Crippen MR) is 152 cm³/mol. The number of aliphatic hydroxyl groups is 2. The van der Waals surface area contributed by atoms with Gasteiger partial charge in [0.25, 0.3) is 0 Å². The van der Waals surface area contributed by atoms with Crippen LogP contribution in [0.3, 0.4) is 0 Å². The SMILES string of the molecule is C=C1C(=O)[C@]23[C@H](OC(=O)C(Cc4ccccc4)NC(=O)/C=C/C(=O)O)[C@@H]1CC[C@H]2[C@@]12CO[C@]3(O)[C@@H](O)[C@@H]1C(C)(C)CCC2=O. The summed E-state index contributed by atoms with van der Waals surface area (Å²) in [6, 6.07) is 7.47. The molecule has 9 atom stereocenters. The van der Waals surface area contributed by atoms with Crippen LogP contribution in [-0.2, 0) is 39.9 Å². The highest BCUT2D eigenvalue weighted by Crippen LogP contribution is 2.76. The number of Topliss-reactive ketones (excluding diaryl/α,β-unsaturated/α-hetero) is 2. The lowest BCUT2D eigenvalue weighted by molar-refractivity contribution is -0.437. The zero-order valence-electron chi connectivity index (χ0n) is 24.7. The van der Waals surface area contributed by atoms with E-state index in [1.54, 1.807) is 30.3 Å². The number of fused-ring (bicyclic) bond motifs is 2. The van der Waals surface area contributed by atoms with Crippen molar-refractivity contribution in [3.05, 3.63) is 60.2 Å². The summed E-state index contributed by atoms with van der Waals surface area (Å²) in [5.74, 6) is -8.48. The van der Waals surface area contributed by atoms with E-state index >= 15 is 0 Å². The second kappa shape index (κ2) is 10.2. The third-order valence-electron chi connectivity index (χ3n) is 11.1. The van der Waals surface area contributed by atoms with Gasteiger partial charge in [0, 0.05) is 36.8 Å². The van der Waals surface area contributed by atoms with Gasteiger partial charge in [-0.05, 0) is 41.7 Å². The van der Waals surface area contributed by atoms with Crippen LogP contribution in [0, 0.1) is 34.0 Å². The highest BCUT2D eigenvalue weighted by molar-refractivity contribution is 6.06. The van der Waals surface area contributed by atoms with E-state index in [4.69, 9.17) is 14.6 Å². The number of carbonyl (C=O) groups is 5. The van der Waals surface area contributed by atoms with Gasteiger partial charge in [0.1, 0.15) is 29.4 Å². The first kappa shape index (κ1) is 30.4. The smallest absolute Gasteiger partial charge is 0.329 e. The lowest BCUT2D eigenvalue weighted by atomic mass is 9.36. The van der Waals surface area contributed by atoms with Crippen LogP contribution in [0.4, 0.5) is 0 Å². The molecule has 6 aliphatic rings. The molecule has 234 valence electrons. The minimum atomic E-state index is -2.46. The number of carboxylic acids is 1. The van der Waals surface area contributed by atoms with Gasteiger partial charge in [0.15, 0.2) is 5.78 Å². The van der Waals surface area contributed by atoms with Gasteiger partial charge in [-0.25, -0.2) is 9.59 Å². The Hall–Kier alpha value is -3.67. The van der Waals surface area contributed by atoms with Gasteiger partial charge in [-0.15, -0.1) is 0 Å². The summed E-state index contributed by atoms with van der Waals surface area (Å²) < 4.78 is 12.1. The number of ketones is 2.